The Kier molecular flexibility index (Phi) is 23.9. The van der Waals surface area contributed by atoms with Crippen LogP contribution in [0.1, 0.15) is 79.1 Å². The van der Waals surface area contributed by atoms with E-state index in [1.54, 1.807) is 63.3 Å². The molecule has 2 saturated heterocycles. The predicted molar refractivity (Wildman–Crippen MR) is 236 cm³/mol. The molecular formula is C47H75NO16. The van der Waals surface area contributed by atoms with Gasteiger partial charge in [0.05, 0.1) is 86.2 Å². The maximum Gasteiger partial charge on any atom is 0.308 e. The van der Waals surface area contributed by atoms with Crippen LogP contribution in [0.5, 0.6) is 0 Å². The summed E-state index contributed by atoms with van der Waals surface area (Å²) in [6.45, 7) is 6.28. The first-order valence-electron chi connectivity index (χ1n) is 22.3. The summed E-state index contributed by atoms with van der Waals surface area (Å²) in [6, 6.07) is -1.09. The van der Waals surface area contributed by atoms with Gasteiger partial charge in [0, 0.05) is 43.4 Å². The average Bonchev–Trinajstić information content (AvgIpc) is 3.22. The summed E-state index contributed by atoms with van der Waals surface area (Å²) >= 11 is 0. The zero-order chi connectivity index (χ0) is 47.6. The van der Waals surface area contributed by atoms with Gasteiger partial charge in [-0.1, -0.05) is 98.9 Å². The molecule has 3 aliphatic rings. The van der Waals surface area contributed by atoms with Gasteiger partial charge in [-0.2, -0.15) is 0 Å². The maximum atomic E-state index is 12.6. The summed E-state index contributed by atoms with van der Waals surface area (Å²) in [6.07, 6.45) is 6.23. The Labute approximate surface area is 376 Å². The number of cyclic esters (lactones) is 1. The highest BCUT2D eigenvalue weighted by molar-refractivity contribution is 5.70. The molecule has 3 aliphatic heterocycles. The number of aliphatic hydroxyl groups excluding tert-OH is 10. The fourth-order valence-corrected chi connectivity index (χ4v) is 7.95. The number of aliphatic hydroxyl groups is 11. The highest BCUT2D eigenvalue weighted by Crippen LogP contribution is 2.38. The quantitative estimate of drug-likeness (QED) is 0.173. The minimum absolute atomic E-state index is 0.0734. The lowest BCUT2D eigenvalue weighted by Gasteiger charge is -2.46. The van der Waals surface area contributed by atoms with E-state index in [9.17, 15) is 61.0 Å². The summed E-state index contributed by atoms with van der Waals surface area (Å²) in [5.41, 5.74) is 6.04. The van der Waals surface area contributed by atoms with Gasteiger partial charge in [-0.3, -0.25) is 4.79 Å². The van der Waals surface area contributed by atoms with Gasteiger partial charge in [0.15, 0.2) is 12.1 Å². The van der Waals surface area contributed by atoms with E-state index in [1.165, 1.54) is 0 Å². The van der Waals surface area contributed by atoms with Crippen molar-refractivity contribution in [2.75, 3.05) is 6.61 Å². The van der Waals surface area contributed by atoms with E-state index >= 15 is 0 Å². The second-order valence-electron chi connectivity index (χ2n) is 17.6. The molecule has 19 atom stereocenters. The molecule has 2 bridgehead atoms. The van der Waals surface area contributed by atoms with Crippen molar-refractivity contribution < 1.29 is 79.9 Å². The van der Waals surface area contributed by atoms with E-state index in [0.717, 1.165) is 0 Å². The van der Waals surface area contributed by atoms with E-state index in [2.05, 4.69) is 0 Å². The van der Waals surface area contributed by atoms with E-state index in [-0.39, 0.29) is 31.6 Å². The average molecular weight is 910 g/mol. The molecule has 0 radical (unpaired) electrons. The van der Waals surface area contributed by atoms with Crippen molar-refractivity contribution >= 4 is 5.97 Å². The van der Waals surface area contributed by atoms with Gasteiger partial charge >= 0.3 is 5.97 Å². The molecule has 3 rings (SSSR count). The minimum Gasteiger partial charge on any atom is -0.462 e. The van der Waals surface area contributed by atoms with Gasteiger partial charge < -0.3 is 80.9 Å². The molecule has 0 aromatic carbocycles. The van der Waals surface area contributed by atoms with Crippen molar-refractivity contribution in [3.05, 3.63) is 85.1 Å². The van der Waals surface area contributed by atoms with E-state index in [0.29, 0.717) is 0 Å². The number of rotatable bonds is 3. The highest BCUT2D eigenvalue weighted by atomic mass is 16.7. The molecule has 0 unspecified atom stereocenters. The van der Waals surface area contributed by atoms with Crippen molar-refractivity contribution in [1.29, 1.82) is 0 Å². The molecule has 0 aliphatic carbocycles. The van der Waals surface area contributed by atoms with Gasteiger partial charge in [0.25, 0.3) is 0 Å². The molecule has 13 N–H and O–H groups in total. The molecule has 0 saturated carbocycles. The summed E-state index contributed by atoms with van der Waals surface area (Å²) < 4.78 is 23.4. The molecule has 3 heterocycles. The number of carbonyl (C=O) groups is 1. The van der Waals surface area contributed by atoms with Gasteiger partial charge in [0.2, 0.25) is 0 Å². The lowest BCUT2D eigenvalue weighted by atomic mass is 9.83. The minimum atomic E-state index is -2.16. The Morgan fingerprint density at radius 2 is 1.23 bits per heavy atom. The molecule has 64 heavy (non-hydrogen) atoms. The van der Waals surface area contributed by atoms with Crippen LogP contribution in [-0.4, -0.2) is 166 Å². The number of hydrogen-bond donors (Lipinski definition) is 12. The van der Waals surface area contributed by atoms with Crippen LogP contribution in [0.3, 0.4) is 0 Å². The lowest BCUT2D eigenvalue weighted by Crippen LogP contribution is -2.61. The molecule has 0 amide bonds. The Bertz CT molecular complexity index is 1580. The van der Waals surface area contributed by atoms with Gasteiger partial charge in [-0.25, -0.2) is 0 Å². The smallest absolute Gasteiger partial charge is 0.308 e. The number of esters is 1. The Morgan fingerprint density at radius 1 is 0.656 bits per heavy atom. The molecule has 0 spiro atoms. The Morgan fingerprint density at radius 3 is 1.83 bits per heavy atom. The summed E-state index contributed by atoms with van der Waals surface area (Å²) in [7, 11) is 0. The Balaban J connectivity index is 1.83. The van der Waals surface area contributed by atoms with Crippen LogP contribution < -0.4 is 5.73 Å². The molecule has 0 aromatic rings. The number of fused-ring (bicyclic) bond motifs is 2. The van der Waals surface area contributed by atoms with Gasteiger partial charge in [0.1, 0.15) is 12.2 Å². The molecule has 364 valence electrons. The van der Waals surface area contributed by atoms with Crippen LogP contribution in [0, 0.1) is 17.8 Å². The Hall–Kier alpha value is -2.95. The highest BCUT2D eigenvalue weighted by Gasteiger charge is 2.48. The van der Waals surface area contributed by atoms with Crippen molar-refractivity contribution in [3.63, 3.8) is 0 Å². The van der Waals surface area contributed by atoms with Gasteiger partial charge in [-0.05, 0) is 33.1 Å². The van der Waals surface area contributed by atoms with E-state index in [1.807, 2.05) is 49.5 Å². The topological polar surface area (TPSA) is 303 Å². The molecular weight excluding hydrogens is 835 g/mol. The first-order valence-corrected chi connectivity index (χ1v) is 22.3. The van der Waals surface area contributed by atoms with Crippen LogP contribution in [0.25, 0.3) is 0 Å². The predicted octanol–water partition coefficient (Wildman–Crippen LogP) is 0.619. The standard InChI is InChI=1S/C47H75NO16/c1-28-17-15-13-11-9-7-5-6-8-10-12-14-16-18-35(63-46-45(59)42(48)44(58)31(4)62-46)24-40-36(27-49)39(55)26-47(60,64-40)25-34(52)22-38(54)37(53)20-19-32(50)21-33(51)23-41(56)61-30(3)29(2)43(28)57/h5-18,28-40,42-46,49-55,57-60H,19-27,48H2,1-4H3/b6-5+,9-7+,10-8+,13-11+,14-12+,17-15-,18-16+/t28-,29-,30-,31+,32+,33+,34-,35-,36+,37+,38+,39-,40-,42-,43+,44+,45-,46-,47+/m0/s1. The maximum absolute atomic E-state index is 12.6. The molecule has 0 aromatic heterocycles. The molecule has 17 nitrogen and oxygen atoms in total. The fraction of sp³-hybridized carbons (Fsp3) is 0.681. The van der Waals surface area contributed by atoms with Crippen molar-refractivity contribution in [2.45, 2.75) is 177 Å². The number of nitrogens with two attached hydrogens (primary N) is 1. The summed E-state index contributed by atoms with van der Waals surface area (Å²) in [5.74, 6) is -4.50. The monoisotopic (exact) mass is 910 g/mol. The third-order valence-electron chi connectivity index (χ3n) is 12.1. The summed E-state index contributed by atoms with van der Waals surface area (Å²) in [4.78, 5) is 12.6. The first-order chi connectivity index (χ1) is 30.2. The van der Waals surface area contributed by atoms with Crippen LogP contribution in [0.15, 0.2) is 85.1 Å². The number of allylic oxidation sites excluding steroid dienone is 12. The van der Waals surface area contributed by atoms with Crippen molar-refractivity contribution in [2.24, 2.45) is 23.5 Å². The van der Waals surface area contributed by atoms with E-state index < -0.39 is 148 Å². The van der Waals surface area contributed by atoms with Gasteiger partial charge in [-0.15, -0.1) is 0 Å². The third-order valence-corrected chi connectivity index (χ3v) is 12.1. The second kappa shape index (κ2) is 27.6. The SMILES string of the molecule is C[C@@H]1[C@H](O)[C@@H](C)\C=C/C=C/C=C/C=C/C=C/C=C/C=C/[C@H](O[C@@H]2O[C@H](C)[C@@H](O)[C@H](N)[C@@H]2O)C[C@@H]2O[C@](O)(C[C@@H](O)C[C@@H](O)[C@H](O)CC[C@@H](O)C[C@@H](O)CC(=O)O[C@H]1C)C[C@H](O)[C@H]2CO. The normalized spacial score (nSPS) is 46.1. The van der Waals surface area contributed by atoms with Crippen LogP contribution in [-0.2, 0) is 23.7 Å². The van der Waals surface area contributed by atoms with E-state index in [4.69, 9.17) is 24.7 Å². The number of ether oxygens (including phenoxy) is 4. The first kappa shape index (κ1) is 55.4. The second-order valence-corrected chi connectivity index (χ2v) is 17.6. The van der Waals surface area contributed by atoms with Crippen molar-refractivity contribution in [1.82, 2.24) is 0 Å². The third kappa shape index (κ3) is 18.4. The van der Waals surface area contributed by atoms with Crippen LogP contribution in [0.4, 0.5) is 0 Å². The number of hydrogen-bond acceptors (Lipinski definition) is 17. The zero-order valence-corrected chi connectivity index (χ0v) is 37.4. The number of carbonyl (C=O) groups excluding carboxylic acids is 1. The fourth-order valence-electron chi connectivity index (χ4n) is 7.95. The van der Waals surface area contributed by atoms with Crippen molar-refractivity contribution in [3.8, 4) is 0 Å². The molecule has 2 fully saturated rings. The zero-order valence-electron chi connectivity index (χ0n) is 37.4. The summed E-state index contributed by atoms with van der Waals surface area (Å²) in [5, 5.41) is 118. The molecule has 17 heteroatoms. The van der Waals surface area contributed by atoms with Crippen LogP contribution in [0.2, 0.25) is 0 Å². The largest absolute Gasteiger partial charge is 0.462 e. The lowest BCUT2D eigenvalue weighted by molar-refractivity contribution is -0.312. The van der Waals surface area contributed by atoms with Crippen LogP contribution >= 0.6 is 0 Å².